The summed E-state index contributed by atoms with van der Waals surface area (Å²) in [4.78, 5) is 33.4. The minimum Gasteiger partial charge on any atom is -0.481 e. The summed E-state index contributed by atoms with van der Waals surface area (Å²) in [5.41, 5.74) is 0. The highest BCUT2D eigenvalue weighted by atomic mass is 16.5. The third-order valence-electron chi connectivity index (χ3n) is 3.59. The minimum atomic E-state index is -0.947. The van der Waals surface area contributed by atoms with E-state index in [-0.39, 0.29) is 31.4 Å². The fourth-order valence-corrected chi connectivity index (χ4v) is 2.45. The van der Waals surface area contributed by atoms with Crippen LogP contribution < -0.4 is 10.6 Å². The van der Waals surface area contributed by atoms with Crippen LogP contribution >= 0.6 is 0 Å². The highest BCUT2D eigenvalue weighted by Gasteiger charge is 2.41. The number of hydrogen-bond donors (Lipinski definition) is 3. The number of aliphatic carboxylic acids is 1. The van der Waals surface area contributed by atoms with Crippen LogP contribution in [0.15, 0.2) is 0 Å². The van der Waals surface area contributed by atoms with Crippen molar-refractivity contribution in [2.45, 2.75) is 50.7 Å². The number of hydrogen-bond acceptors (Lipinski definition) is 4. The topological polar surface area (TPSA) is 105 Å². The van der Waals surface area contributed by atoms with Crippen molar-refractivity contribution in [1.82, 2.24) is 10.6 Å². The first kappa shape index (κ1) is 14.8. The molecule has 0 bridgehead atoms. The van der Waals surface area contributed by atoms with Gasteiger partial charge in [0.1, 0.15) is 0 Å². The predicted octanol–water partition coefficient (Wildman–Crippen LogP) is 0.635. The molecule has 0 aromatic carbocycles. The molecule has 1 aliphatic heterocycles. The van der Waals surface area contributed by atoms with E-state index in [0.717, 1.165) is 19.3 Å². The lowest BCUT2D eigenvalue weighted by atomic mass is 10.1. The maximum absolute atomic E-state index is 11.7. The number of carbonyl (C=O) groups is 3. The predicted molar refractivity (Wildman–Crippen MR) is 69.0 cm³/mol. The number of carboxylic acid groups (broad SMARTS) is 1. The van der Waals surface area contributed by atoms with E-state index < -0.39 is 17.9 Å². The van der Waals surface area contributed by atoms with Crippen molar-refractivity contribution < 1.29 is 24.2 Å². The van der Waals surface area contributed by atoms with Gasteiger partial charge in [-0.2, -0.15) is 0 Å². The van der Waals surface area contributed by atoms with Crippen LogP contribution in [-0.2, 0) is 14.3 Å². The molecule has 2 atom stereocenters. The molecule has 20 heavy (non-hydrogen) atoms. The van der Waals surface area contributed by atoms with E-state index in [2.05, 4.69) is 10.6 Å². The second-order valence-corrected chi connectivity index (χ2v) is 5.34. The van der Waals surface area contributed by atoms with Crippen LogP contribution in [0.25, 0.3) is 0 Å². The Morgan fingerprint density at radius 1 is 1.15 bits per heavy atom. The highest BCUT2D eigenvalue weighted by molar-refractivity contribution is 5.94. The fraction of sp³-hybridized carbons (Fsp3) is 0.769. The molecule has 0 radical (unpaired) electrons. The highest BCUT2D eigenvalue weighted by Crippen LogP contribution is 2.38. The van der Waals surface area contributed by atoms with Crippen molar-refractivity contribution in [1.29, 1.82) is 0 Å². The summed E-state index contributed by atoms with van der Waals surface area (Å²) in [5.74, 6) is -0.864. The Hall–Kier alpha value is -1.63. The Morgan fingerprint density at radius 2 is 1.90 bits per heavy atom. The van der Waals surface area contributed by atoms with Gasteiger partial charge in [0, 0.05) is 19.4 Å². The minimum absolute atomic E-state index is 0.0330. The molecule has 7 nitrogen and oxygen atoms in total. The molecular weight excluding hydrogens is 264 g/mol. The first-order chi connectivity index (χ1) is 9.56. The maximum atomic E-state index is 11.7. The molecule has 2 unspecified atom stereocenters. The van der Waals surface area contributed by atoms with Crippen molar-refractivity contribution >= 4 is 17.9 Å². The van der Waals surface area contributed by atoms with E-state index in [4.69, 9.17) is 9.84 Å². The van der Waals surface area contributed by atoms with E-state index in [0.29, 0.717) is 12.5 Å². The molecule has 112 valence electrons. The fourth-order valence-electron chi connectivity index (χ4n) is 2.45. The average molecular weight is 284 g/mol. The Balaban J connectivity index is 1.66. The van der Waals surface area contributed by atoms with E-state index in [1.165, 1.54) is 0 Å². The summed E-state index contributed by atoms with van der Waals surface area (Å²) in [7, 11) is 0. The van der Waals surface area contributed by atoms with Gasteiger partial charge >= 0.3 is 12.0 Å². The van der Waals surface area contributed by atoms with Gasteiger partial charge in [-0.15, -0.1) is 0 Å². The first-order valence-electron chi connectivity index (χ1n) is 7.00. The number of carbonyl (C=O) groups excluding carboxylic acids is 2. The van der Waals surface area contributed by atoms with Crippen molar-refractivity contribution in [3.05, 3.63) is 0 Å². The van der Waals surface area contributed by atoms with Gasteiger partial charge in [-0.05, 0) is 31.6 Å². The zero-order valence-corrected chi connectivity index (χ0v) is 11.3. The first-order valence-corrected chi connectivity index (χ1v) is 7.00. The Labute approximate surface area is 117 Å². The molecule has 2 aliphatic rings. The van der Waals surface area contributed by atoms with Crippen LogP contribution in [0.5, 0.6) is 0 Å². The molecule has 1 aliphatic carbocycles. The number of rotatable bonds is 6. The molecule has 0 aromatic rings. The molecule has 0 aromatic heterocycles. The lowest BCUT2D eigenvalue weighted by molar-refractivity contribution is -0.137. The SMILES string of the molecule is O=C(O)CCCC(=O)NC(=O)NC1CCOC1C1CC1. The van der Waals surface area contributed by atoms with Crippen LogP contribution in [0.4, 0.5) is 4.79 Å². The molecule has 1 saturated carbocycles. The van der Waals surface area contributed by atoms with Crippen LogP contribution in [0, 0.1) is 5.92 Å². The number of urea groups is 1. The van der Waals surface area contributed by atoms with Gasteiger partial charge in [0.25, 0.3) is 0 Å². The summed E-state index contributed by atoms with van der Waals surface area (Å²) in [6.45, 7) is 0.638. The largest absolute Gasteiger partial charge is 0.481 e. The number of amides is 3. The van der Waals surface area contributed by atoms with Gasteiger partial charge in [-0.1, -0.05) is 0 Å². The Kier molecular flexibility index (Phi) is 4.94. The van der Waals surface area contributed by atoms with Gasteiger partial charge < -0.3 is 15.2 Å². The average Bonchev–Trinajstić information content (AvgIpc) is 3.10. The normalized spacial score (nSPS) is 25.2. The smallest absolute Gasteiger partial charge is 0.321 e. The van der Waals surface area contributed by atoms with Gasteiger partial charge in [0.05, 0.1) is 12.1 Å². The number of carboxylic acids is 1. The summed E-state index contributed by atoms with van der Waals surface area (Å²) >= 11 is 0. The number of nitrogens with one attached hydrogen (secondary N) is 2. The van der Waals surface area contributed by atoms with Gasteiger partial charge in [0.15, 0.2) is 0 Å². The quantitative estimate of drug-likeness (QED) is 0.663. The lowest BCUT2D eigenvalue weighted by Crippen LogP contribution is -2.48. The summed E-state index contributed by atoms with van der Waals surface area (Å²) in [6.07, 6.45) is 3.30. The molecule has 1 heterocycles. The van der Waals surface area contributed by atoms with Gasteiger partial charge in [-0.3, -0.25) is 14.9 Å². The summed E-state index contributed by atoms with van der Waals surface area (Å²) < 4.78 is 5.59. The van der Waals surface area contributed by atoms with E-state index in [1.54, 1.807) is 0 Å². The van der Waals surface area contributed by atoms with Crippen LogP contribution in [0.3, 0.4) is 0 Å². The molecule has 1 saturated heterocycles. The van der Waals surface area contributed by atoms with Crippen molar-refractivity contribution in [3.63, 3.8) is 0 Å². The van der Waals surface area contributed by atoms with E-state index in [9.17, 15) is 14.4 Å². The molecule has 3 amide bonds. The molecule has 7 heteroatoms. The summed E-state index contributed by atoms with van der Waals surface area (Å²) in [6, 6.07) is -0.555. The Morgan fingerprint density at radius 3 is 2.55 bits per heavy atom. The molecule has 2 rings (SSSR count). The van der Waals surface area contributed by atoms with Gasteiger partial charge in [-0.25, -0.2) is 4.79 Å². The molecule has 2 fully saturated rings. The number of imide groups is 1. The second kappa shape index (κ2) is 6.69. The van der Waals surface area contributed by atoms with E-state index in [1.807, 2.05) is 0 Å². The monoisotopic (exact) mass is 284 g/mol. The molecule has 3 N–H and O–H groups in total. The Bertz CT molecular complexity index is 394. The van der Waals surface area contributed by atoms with E-state index >= 15 is 0 Å². The van der Waals surface area contributed by atoms with Crippen molar-refractivity contribution in [2.75, 3.05) is 6.61 Å². The van der Waals surface area contributed by atoms with Gasteiger partial charge in [0.2, 0.25) is 5.91 Å². The van der Waals surface area contributed by atoms with Crippen molar-refractivity contribution in [2.24, 2.45) is 5.92 Å². The zero-order valence-electron chi connectivity index (χ0n) is 11.3. The zero-order chi connectivity index (χ0) is 14.5. The lowest BCUT2D eigenvalue weighted by Gasteiger charge is -2.19. The molecular formula is C13H20N2O5. The summed E-state index contributed by atoms with van der Waals surface area (Å²) in [5, 5.41) is 13.5. The molecule has 0 spiro atoms. The third kappa shape index (κ3) is 4.48. The standard InChI is InChI=1S/C13H20N2O5/c16-10(2-1-3-11(17)18)15-13(19)14-9-6-7-20-12(9)8-4-5-8/h8-9,12H,1-7H2,(H,17,18)(H2,14,15,16,19). The van der Waals surface area contributed by atoms with Crippen LogP contribution in [0.1, 0.15) is 38.5 Å². The van der Waals surface area contributed by atoms with Crippen molar-refractivity contribution in [3.8, 4) is 0 Å². The van der Waals surface area contributed by atoms with Crippen LogP contribution in [0.2, 0.25) is 0 Å². The van der Waals surface area contributed by atoms with Crippen LogP contribution in [-0.4, -0.2) is 41.8 Å². The third-order valence-corrected chi connectivity index (χ3v) is 3.59. The number of ether oxygens (including phenoxy) is 1. The second-order valence-electron chi connectivity index (χ2n) is 5.34. The maximum Gasteiger partial charge on any atom is 0.321 e.